The molecule has 104 valence electrons. The maximum Gasteiger partial charge on any atom is 0.248 e. The third kappa shape index (κ3) is 3.33. The molecule has 4 nitrogen and oxygen atoms in total. The first kappa shape index (κ1) is 14.0. The van der Waals surface area contributed by atoms with E-state index in [-0.39, 0.29) is 17.4 Å². The van der Waals surface area contributed by atoms with Crippen molar-refractivity contribution in [3.63, 3.8) is 0 Å². The van der Waals surface area contributed by atoms with E-state index < -0.39 is 0 Å². The van der Waals surface area contributed by atoms with E-state index in [1.165, 1.54) is 5.56 Å². The lowest BCUT2D eigenvalue weighted by atomic mass is 9.79. The van der Waals surface area contributed by atoms with E-state index in [0.29, 0.717) is 5.56 Å². The number of piperidine rings is 1. The Morgan fingerprint density at radius 3 is 2.53 bits per heavy atom. The zero-order valence-corrected chi connectivity index (χ0v) is 11.7. The Morgan fingerprint density at radius 1 is 1.37 bits per heavy atom. The van der Waals surface area contributed by atoms with Crippen molar-refractivity contribution in [1.82, 2.24) is 4.90 Å². The molecule has 0 saturated carbocycles. The van der Waals surface area contributed by atoms with E-state index >= 15 is 0 Å². The topological polar surface area (TPSA) is 72.3 Å². The standard InChI is InChI=1S/C15H23N3O/c1-15(2)10-18(8-7-13(15)16)9-11-3-5-12(6-4-11)14(17)19/h3-6,13H,7-10,16H2,1-2H3,(H2,17,19). The first-order chi connectivity index (χ1) is 8.88. The minimum atomic E-state index is -0.378. The Balaban J connectivity index is 2.00. The number of primary amides is 1. The van der Waals surface area contributed by atoms with Crippen LogP contribution in [0.1, 0.15) is 36.2 Å². The first-order valence-corrected chi connectivity index (χ1v) is 6.75. The van der Waals surface area contributed by atoms with E-state index in [1.54, 1.807) is 12.1 Å². The van der Waals surface area contributed by atoms with Gasteiger partial charge in [-0.25, -0.2) is 0 Å². The molecule has 0 radical (unpaired) electrons. The molecule has 1 heterocycles. The molecule has 0 spiro atoms. The maximum atomic E-state index is 11.0. The fraction of sp³-hybridized carbons (Fsp3) is 0.533. The van der Waals surface area contributed by atoms with Crippen LogP contribution in [-0.2, 0) is 6.54 Å². The lowest BCUT2D eigenvalue weighted by Gasteiger charge is -2.42. The summed E-state index contributed by atoms with van der Waals surface area (Å²) in [6, 6.07) is 7.81. The summed E-state index contributed by atoms with van der Waals surface area (Å²) in [5.74, 6) is -0.378. The number of likely N-dealkylation sites (tertiary alicyclic amines) is 1. The summed E-state index contributed by atoms with van der Waals surface area (Å²) in [6.07, 6.45) is 1.03. The molecule has 1 fully saturated rings. The van der Waals surface area contributed by atoms with Crippen molar-refractivity contribution >= 4 is 5.91 Å². The lowest BCUT2D eigenvalue weighted by Crippen LogP contribution is -2.52. The molecule has 1 saturated heterocycles. The van der Waals surface area contributed by atoms with Gasteiger partial charge in [0.1, 0.15) is 0 Å². The fourth-order valence-corrected chi connectivity index (χ4v) is 2.65. The lowest BCUT2D eigenvalue weighted by molar-refractivity contribution is 0.0899. The van der Waals surface area contributed by atoms with Crippen molar-refractivity contribution in [3.05, 3.63) is 35.4 Å². The van der Waals surface area contributed by atoms with Crippen LogP contribution in [-0.4, -0.2) is 29.9 Å². The van der Waals surface area contributed by atoms with Crippen LogP contribution < -0.4 is 11.5 Å². The van der Waals surface area contributed by atoms with Gasteiger partial charge in [-0.1, -0.05) is 26.0 Å². The Morgan fingerprint density at radius 2 is 2.00 bits per heavy atom. The molecule has 1 amide bonds. The highest BCUT2D eigenvalue weighted by Gasteiger charge is 2.33. The van der Waals surface area contributed by atoms with Crippen LogP contribution in [0.4, 0.5) is 0 Å². The number of rotatable bonds is 3. The fourth-order valence-electron chi connectivity index (χ4n) is 2.65. The van der Waals surface area contributed by atoms with Gasteiger partial charge in [0.15, 0.2) is 0 Å². The Bertz CT molecular complexity index is 453. The molecule has 4 N–H and O–H groups in total. The molecule has 4 heteroatoms. The number of amides is 1. The second-order valence-corrected chi connectivity index (χ2v) is 6.16. The number of carbonyl (C=O) groups is 1. The summed E-state index contributed by atoms with van der Waals surface area (Å²) in [5, 5.41) is 0. The number of hydrogen-bond donors (Lipinski definition) is 2. The van der Waals surface area contributed by atoms with Gasteiger partial charge in [-0.05, 0) is 29.5 Å². The Kier molecular flexibility index (Phi) is 3.92. The van der Waals surface area contributed by atoms with Gasteiger partial charge in [-0.3, -0.25) is 9.69 Å². The van der Waals surface area contributed by atoms with Crippen molar-refractivity contribution in [3.8, 4) is 0 Å². The monoisotopic (exact) mass is 261 g/mol. The average Bonchev–Trinajstić information content (AvgIpc) is 2.34. The number of hydrogen-bond acceptors (Lipinski definition) is 3. The summed E-state index contributed by atoms with van der Waals surface area (Å²) in [4.78, 5) is 13.4. The molecular weight excluding hydrogens is 238 g/mol. The van der Waals surface area contributed by atoms with E-state index in [1.807, 2.05) is 12.1 Å². The third-order valence-electron chi connectivity index (χ3n) is 4.04. The molecule has 1 unspecified atom stereocenters. The van der Waals surface area contributed by atoms with Gasteiger partial charge in [0.25, 0.3) is 0 Å². The Hall–Kier alpha value is -1.39. The molecule has 1 aliphatic heterocycles. The normalized spacial score (nSPS) is 23.2. The SMILES string of the molecule is CC1(C)CN(Cc2ccc(C(N)=O)cc2)CCC1N. The molecule has 1 aromatic rings. The number of nitrogens with two attached hydrogens (primary N) is 2. The minimum Gasteiger partial charge on any atom is -0.366 e. The maximum absolute atomic E-state index is 11.0. The van der Waals surface area contributed by atoms with Crippen molar-refractivity contribution < 1.29 is 4.79 Å². The van der Waals surface area contributed by atoms with Gasteiger partial charge < -0.3 is 11.5 Å². The predicted molar refractivity (Wildman–Crippen MR) is 76.6 cm³/mol. The summed E-state index contributed by atoms with van der Waals surface area (Å²) in [7, 11) is 0. The van der Waals surface area contributed by atoms with Gasteiger partial charge in [-0.2, -0.15) is 0 Å². The second-order valence-electron chi connectivity index (χ2n) is 6.16. The summed E-state index contributed by atoms with van der Waals surface area (Å²) in [6.45, 7) is 7.38. The molecule has 0 aromatic heterocycles. The van der Waals surface area contributed by atoms with Crippen molar-refractivity contribution in [1.29, 1.82) is 0 Å². The largest absolute Gasteiger partial charge is 0.366 e. The molecule has 2 rings (SSSR count). The minimum absolute atomic E-state index is 0.158. The first-order valence-electron chi connectivity index (χ1n) is 6.75. The number of nitrogens with zero attached hydrogens (tertiary/aromatic N) is 1. The smallest absolute Gasteiger partial charge is 0.248 e. The van der Waals surface area contributed by atoms with Crippen LogP contribution in [0.2, 0.25) is 0 Å². The van der Waals surface area contributed by atoms with Crippen LogP contribution in [0.3, 0.4) is 0 Å². The Labute approximate surface area is 114 Å². The quantitative estimate of drug-likeness (QED) is 0.862. The molecular formula is C15H23N3O. The van der Waals surface area contributed by atoms with Gasteiger partial charge >= 0.3 is 0 Å². The molecule has 19 heavy (non-hydrogen) atoms. The second kappa shape index (κ2) is 5.31. The van der Waals surface area contributed by atoms with E-state index in [2.05, 4.69) is 18.7 Å². The van der Waals surface area contributed by atoms with E-state index in [0.717, 1.165) is 26.1 Å². The zero-order chi connectivity index (χ0) is 14.0. The average molecular weight is 261 g/mol. The van der Waals surface area contributed by atoms with Crippen LogP contribution in [0.5, 0.6) is 0 Å². The molecule has 0 aliphatic carbocycles. The highest BCUT2D eigenvalue weighted by Crippen LogP contribution is 2.28. The zero-order valence-electron chi connectivity index (χ0n) is 11.7. The summed E-state index contributed by atoms with van der Waals surface area (Å²) in [5.41, 5.74) is 13.3. The predicted octanol–water partition coefficient (Wildman–Crippen LogP) is 1.34. The molecule has 1 aliphatic rings. The van der Waals surface area contributed by atoms with E-state index in [9.17, 15) is 4.79 Å². The van der Waals surface area contributed by atoms with Gasteiger partial charge in [0.05, 0.1) is 0 Å². The molecule has 0 bridgehead atoms. The van der Waals surface area contributed by atoms with Gasteiger partial charge in [-0.15, -0.1) is 0 Å². The van der Waals surface area contributed by atoms with E-state index in [4.69, 9.17) is 11.5 Å². The van der Waals surface area contributed by atoms with Crippen molar-refractivity contribution in [2.45, 2.75) is 32.9 Å². The third-order valence-corrected chi connectivity index (χ3v) is 4.04. The van der Waals surface area contributed by atoms with Gasteiger partial charge in [0.2, 0.25) is 5.91 Å². The molecule has 1 atom stereocenters. The molecule has 1 aromatic carbocycles. The van der Waals surface area contributed by atoms with Crippen LogP contribution in [0.25, 0.3) is 0 Å². The van der Waals surface area contributed by atoms with Crippen molar-refractivity contribution in [2.75, 3.05) is 13.1 Å². The van der Waals surface area contributed by atoms with Crippen LogP contribution >= 0.6 is 0 Å². The summed E-state index contributed by atoms with van der Waals surface area (Å²) >= 11 is 0. The highest BCUT2D eigenvalue weighted by molar-refractivity contribution is 5.92. The van der Waals surface area contributed by atoms with Crippen molar-refractivity contribution in [2.24, 2.45) is 16.9 Å². The summed E-state index contributed by atoms with van der Waals surface area (Å²) < 4.78 is 0. The highest BCUT2D eigenvalue weighted by atomic mass is 16.1. The van der Waals surface area contributed by atoms with Crippen LogP contribution in [0, 0.1) is 5.41 Å². The van der Waals surface area contributed by atoms with Gasteiger partial charge in [0, 0.05) is 31.2 Å². The number of carbonyl (C=O) groups excluding carboxylic acids is 1. The van der Waals surface area contributed by atoms with Crippen LogP contribution in [0.15, 0.2) is 24.3 Å². The number of benzene rings is 1.